The first kappa shape index (κ1) is 17.0. The SMILES string of the molecule is Cc1cc2ccc(NC(=O)c3cccc(N4CCCC4=O)c3)cc2[nH]c1=O. The summed E-state index contributed by atoms with van der Waals surface area (Å²) in [6.45, 7) is 2.44. The fourth-order valence-corrected chi connectivity index (χ4v) is 3.33. The zero-order valence-corrected chi connectivity index (χ0v) is 14.9. The summed E-state index contributed by atoms with van der Waals surface area (Å²) in [6.07, 6.45) is 1.38. The van der Waals surface area contributed by atoms with Gasteiger partial charge in [-0.25, -0.2) is 0 Å². The summed E-state index contributed by atoms with van der Waals surface area (Å²) in [5, 5.41) is 3.75. The van der Waals surface area contributed by atoms with Gasteiger partial charge in [0.1, 0.15) is 0 Å². The number of pyridine rings is 1. The second-order valence-corrected chi connectivity index (χ2v) is 6.74. The number of anilines is 2. The minimum Gasteiger partial charge on any atom is -0.322 e. The highest BCUT2D eigenvalue weighted by Gasteiger charge is 2.22. The lowest BCUT2D eigenvalue weighted by molar-refractivity contribution is -0.117. The Kier molecular flexibility index (Phi) is 4.24. The molecule has 0 atom stereocenters. The van der Waals surface area contributed by atoms with E-state index >= 15 is 0 Å². The molecule has 0 bridgehead atoms. The number of nitrogens with one attached hydrogen (secondary N) is 2. The molecule has 0 aliphatic carbocycles. The first-order valence-corrected chi connectivity index (χ1v) is 8.87. The van der Waals surface area contributed by atoms with Crippen LogP contribution in [0.2, 0.25) is 0 Å². The first-order chi connectivity index (χ1) is 13.0. The second-order valence-electron chi connectivity index (χ2n) is 6.74. The van der Waals surface area contributed by atoms with Crippen LogP contribution < -0.4 is 15.8 Å². The zero-order valence-electron chi connectivity index (χ0n) is 14.9. The van der Waals surface area contributed by atoms with Crippen LogP contribution in [0.4, 0.5) is 11.4 Å². The van der Waals surface area contributed by atoms with Gasteiger partial charge in [-0.2, -0.15) is 0 Å². The lowest BCUT2D eigenvalue weighted by atomic mass is 10.1. The molecular weight excluding hydrogens is 342 g/mol. The van der Waals surface area contributed by atoms with E-state index in [2.05, 4.69) is 10.3 Å². The molecule has 1 fully saturated rings. The Labute approximate surface area is 155 Å². The maximum absolute atomic E-state index is 12.6. The Balaban J connectivity index is 1.59. The minimum atomic E-state index is -0.266. The largest absolute Gasteiger partial charge is 0.322 e. The van der Waals surface area contributed by atoms with Gasteiger partial charge in [0.15, 0.2) is 0 Å². The number of carbonyl (C=O) groups excluding carboxylic acids is 2. The summed E-state index contributed by atoms with van der Waals surface area (Å²) in [5.41, 5.74) is 2.98. The van der Waals surface area contributed by atoms with Crippen molar-refractivity contribution < 1.29 is 9.59 Å². The van der Waals surface area contributed by atoms with E-state index in [1.54, 1.807) is 42.2 Å². The van der Waals surface area contributed by atoms with E-state index in [9.17, 15) is 14.4 Å². The topological polar surface area (TPSA) is 82.3 Å². The predicted molar refractivity (Wildman–Crippen MR) is 105 cm³/mol. The van der Waals surface area contributed by atoms with Gasteiger partial charge in [0.25, 0.3) is 11.5 Å². The number of carbonyl (C=O) groups is 2. The first-order valence-electron chi connectivity index (χ1n) is 8.87. The van der Waals surface area contributed by atoms with Gasteiger partial charge in [0.2, 0.25) is 5.91 Å². The van der Waals surface area contributed by atoms with Gasteiger partial charge in [-0.1, -0.05) is 12.1 Å². The van der Waals surface area contributed by atoms with Gasteiger partial charge in [-0.15, -0.1) is 0 Å². The number of aryl methyl sites for hydroxylation is 1. The minimum absolute atomic E-state index is 0.0846. The molecule has 3 aromatic rings. The molecule has 6 nitrogen and oxygen atoms in total. The number of nitrogens with zero attached hydrogens (tertiary/aromatic N) is 1. The molecule has 2 N–H and O–H groups in total. The number of hydrogen-bond donors (Lipinski definition) is 2. The molecule has 4 rings (SSSR count). The number of amides is 2. The van der Waals surface area contributed by atoms with Crippen LogP contribution in [0.15, 0.2) is 53.3 Å². The van der Waals surface area contributed by atoms with E-state index in [0.717, 1.165) is 17.5 Å². The van der Waals surface area contributed by atoms with Gasteiger partial charge in [-0.05, 0) is 55.1 Å². The Morgan fingerprint density at radius 1 is 1.11 bits per heavy atom. The smallest absolute Gasteiger partial charge is 0.255 e. The van der Waals surface area contributed by atoms with E-state index in [1.165, 1.54) is 0 Å². The summed E-state index contributed by atoms with van der Waals surface area (Å²) in [7, 11) is 0. The van der Waals surface area contributed by atoms with Crippen molar-refractivity contribution in [2.75, 3.05) is 16.8 Å². The lowest BCUT2D eigenvalue weighted by Crippen LogP contribution is -2.24. The van der Waals surface area contributed by atoms with Crippen molar-refractivity contribution in [1.29, 1.82) is 0 Å². The van der Waals surface area contributed by atoms with E-state index < -0.39 is 0 Å². The fourth-order valence-electron chi connectivity index (χ4n) is 3.33. The molecule has 2 amide bonds. The number of aromatic amines is 1. The van der Waals surface area contributed by atoms with Crippen molar-refractivity contribution in [2.24, 2.45) is 0 Å². The molecule has 1 saturated heterocycles. The van der Waals surface area contributed by atoms with E-state index in [0.29, 0.717) is 35.3 Å². The number of fused-ring (bicyclic) bond motifs is 1. The van der Waals surface area contributed by atoms with Crippen LogP contribution in [0.3, 0.4) is 0 Å². The normalized spacial score (nSPS) is 14.0. The molecule has 0 spiro atoms. The summed E-state index contributed by atoms with van der Waals surface area (Å²) in [4.78, 5) is 40.9. The van der Waals surface area contributed by atoms with Crippen LogP contribution in [0, 0.1) is 6.92 Å². The van der Waals surface area contributed by atoms with Crippen molar-refractivity contribution in [3.8, 4) is 0 Å². The Bertz CT molecular complexity index is 1120. The predicted octanol–water partition coefficient (Wildman–Crippen LogP) is 3.22. The van der Waals surface area contributed by atoms with Crippen molar-refractivity contribution >= 4 is 34.1 Å². The number of benzene rings is 2. The molecule has 6 heteroatoms. The highest BCUT2D eigenvalue weighted by Crippen LogP contribution is 2.23. The summed E-state index contributed by atoms with van der Waals surface area (Å²) in [5.74, 6) is -0.182. The second kappa shape index (κ2) is 6.72. The van der Waals surface area contributed by atoms with Crippen LogP contribution >= 0.6 is 0 Å². The van der Waals surface area contributed by atoms with Crippen molar-refractivity contribution in [2.45, 2.75) is 19.8 Å². The zero-order chi connectivity index (χ0) is 19.0. The van der Waals surface area contributed by atoms with Gasteiger partial charge >= 0.3 is 0 Å². The van der Waals surface area contributed by atoms with E-state index in [4.69, 9.17) is 0 Å². The maximum Gasteiger partial charge on any atom is 0.255 e. The quantitative estimate of drug-likeness (QED) is 0.751. The molecule has 1 aliphatic heterocycles. The van der Waals surface area contributed by atoms with Crippen molar-refractivity contribution in [3.05, 3.63) is 70.0 Å². The maximum atomic E-state index is 12.6. The molecule has 0 unspecified atom stereocenters. The van der Waals surface area contributed by atoms with Gasteiger partial charge in [-0.3, -0.25) is 14.4 Å². The van der Waals surface area contributed by atoms with Gasteiger partial charge < -0.3 is 15.2 Å². The Morgan fingerprint density at radius 2 is 1.96 bits per heavy atom. The third-order valence-electron chi connectivity index (χ3n) is 4.78. The standard InChI is InChI=1S/C21H19N3O3/c1-13-10-14-7-8-16(12-18(14)23-20(13)26)22-21(27)15-4-2-5-17(11-15)24-9-3-6-19(24)25/h2,4-5,7-8,10-12H,3,6,9H2,1H3,(H,22,27)(H,23,26). The van der Waals surface area contributed by atoms with Crippen LogP contribution in [-0.2, 0) is 4.79 Å². The van der Waals surface area contributed by atoms with Crippen molar-refractivity contribution in [3.63, 3.8) is 0 Å². The Morgan fingerprint density at radius 3 is 2.74 bits per heavy atom. The van der Waals surface area contributed by atoms with E-state index in [-0.39, 0.29) is 17.4 Å². The van der Waals surface area contributed by atoms with Gasteiger partial charge in [0, 0.05) is 35.5 Å². The van der Waals surface area contributed by atoms with Crippen LogP contribution in [0.5, 0.6) is 0 Å². The van der Waals surface area contributed by atoms with Crippen LogP contribution in [-0.4, -0.2) is 23.3 Å². The van der Waals surface area contributed by atoms with Crippen LogP contribution in [0.25, 0.3) is 10.9 Å². The van der Waals surface area contributed by atoms with Crippen LogP contribution in [0.1, 0.15) is 28.8 Å². The average molecular weight is 361 g/mol. The molecule has 0 saturated carbocycles. The summed E-state index contributed by atoms with van der Waals surface area (Å²) < 4.78 is 0. The fraction of sp³-hybridized carbons (Fsp3) is 0.190. The molecular formula is C21H19N3O3. The third kappa shape index (κ3) is 3.33. The van der Waals surface area contributed by atoms with Crippen molar-refractivity contribution in [1.82, 2.24) is 4.98 Å². The molecule has 0 radical (unpaired) electrons. The summed E-state index contributed by atoms with van der Waals surface area (Å²) >= 11 is 0. The highest BCUT2D eigenvalue weighted by atomic mass is 16.2. The van der Waals surface area contributed by atoms with E-state index in [1.807, 2.05) is 18.2 Å². The average Bonchev–Trinajstić information content (AvgIpc) is 3.09. The molecule has 27 heavy (non-hydrogen) atoms. The molecule has 2 aromatic carbocycles. The molecule has 136 valence electrons. The number of aromatic nitrogens is 1. The number of rotatable bonds is 3. The monoisotopic (exact) mass is 361 g/mol. The summed E-state index contributed by atoms with van der Waals surface area (Å²) in [6, 6.07) is 14.3. The number of H-pyrrole nitrogens is 1. The highest BCUT2D eigenvalue weighted by molar-refractivity contribution is 6.06. The lowest BCUT2D eigenvalue weighted by Gasteiger charge is -2.16. The third-order valence-corrected chi connectivity index (χ3v) is 4.78. The molecule has 1 aromatic heterocycles. The molecule has 1 aliphatic rings. The van der Waals surface area contributed by atoms with Gasteiger partial charge in [0.05, 0.1) is 5.52 Å². The number of hydrogen-bond acceptors (Lipinski definition) is 3. The Hall–Kier alpha value is -3.41. The molecule has 2 heterocycles.